The molecule has 4 rings (SSSR count). The van der Waals surface area contributed by atoms with E-state index < -0.39 is 5.41 Å². The molecule has 2 heterocycles. The fraction of sp³-hybridized carbons (Fsp3) is 0.514. The molecule has 256 valence electrons. The van der Waals surface area contributed by atoms with Gasteiger partial charge in [0.05, 0.1) is 37.6 Å². The number of fused-ring (bicyclic) bond motifs is 1. The van der Waals surface area contributed by atoms with Gasteiger partial charge >= 0.3 is 5.97 Å². The second-order valence-electron chi connectivity index (χ2n) is 12.6. The average Bonchev–Trinajstić information content (AvgIpc) is 3.31. The van der Waals surface area contributed by atoms with E-state index in [2.05, 4.69) is 31.0 Å². The second-order valence-corrected chi connectivity index (χ2v) is 12.6. The van der Waals surface area contributed by atoms with Crippen molar-refractivity contribution in [3.8, 4) is 11.5 Å². The number of halogens is 1. The minimum absolute atomic E-state index is 0. The number of Topliss-reactive ketones (excluding diaryl/α,β-unsaturated/α-hetero) is 2. The third-order valence-electron chi connectivity index (χ3n) is 8.18. The molecule has 2 aromatic carbocycles. The number of ketones is 2. The minimum Gasteiger partial charge on any atom is -0.493 e. The zero-order chi connectivity index (χ0) is 33.6. The first-order valence-electron chi connectivity index (χ1n) is 16.0. The quantitative estimate of drug-likeness (QED) is 0.162. The van der Waals surface area contributed by atoms with E-state index >= 15 is 0 Å². The fourth-order valence-electron chi connectivity index (χ4n) is 5.75. The van der Waals surface area contributed by atoms with Crippen LogP contribution in [0.25, 0.3) is 0 Å². The molecule has 2 aliphatic heterocycles. The van der Waals surface area contributed by atoms with Crippen molar-refractivity contribution in [2.45, 2.75) is 72.3 Å². The van der Waals surface area contributed by atoms with E-state index in [1.165, 1.54) is 0 Å². The SMILES string of the molecule is Br.CCOC(=O)CCCOc1c(N2CCC(=O)CC2)cc(C(=O)CN2Cc3cc(OCC)c(C(=O)NC)cc3C2=N)cc1C(C)(C)C. The maximum atomic E-state index is 14.0. The Balaban J connectivity index is 0.00000600. The predicted octanol–water partition coefficient (Wildman–Crippen LogP) is 5.24. The molecule has 1 amide bonds. The lowest BCUT2D eigenvalue weighted by Gasteiger charge is -2.33. The fourth-order valence-corrected chi connectivity index (χ4v) is 5.75. The highest BCUT2D eigenvalue weighted by atomic mass is 79.9. The Labute approximate surface area is 287 Å². The van der Waals surface area contributed by atoms with Gasteiger partial charge in [-0.15, -0.1) is 17.0 Å². The number of carbonyl (C=O) groups is 4. The zero-order valence-electron chi connectivity index (χ0n) is 28.2. The number of rotatable bonds is 13. The maximum Gasteiger partial charge on any atom is 0.305 e. The molecule has 0 bridgehead atoms. The molecule has 12 heteroatoms. The Bertz CT molecular complexity index is 1510. The number of nitrogens with zero attached hydrogens (tertiary/aromatic N) is 2. The third kappa shape index (κ3) is 8.91. The topological polar surface area (TPSA) is 138 Å². The van der Waals surface area contributed by atoms with Gasteiger partial charge in [0.2, 0.25) is 0 Å². The first kappa shape index (κ1) is 37.5. The summed E-state index contributed by atoms with van der Waals surface area (Å²) in [6.07, 6.45) is 1.54. The highest BCUT2D eigenvalue weighted by molar-refractivity contribution is 8.93. The monoisotopic (exact) mass is 714 g/mol. The molecule has 0 atom stereocenters. The number of amidine groups is 1. The lowest BCUT2D eigenvalue weighted by molar-refractivity contribution is -0.143. The number of esters is 1. The Hall–Kier alpha value is -3.93. The van der Waals surface area contributed by atoms with E-state index in [0.29, 0.717) is 86.9 Å². The van der Waals surface area contributed by atoms with Crippen LogP contribution in [0.15, 0.2) is 24.3 Å². The molecule has 2 aromatic rings. The van der Waals surface area contributed by atoms with Gasteiger partial charge in [0.25, 0.3) is 5.91 Å². The van der Waals surface area contributed by atoms with Gasteiger partial charge in [-0.2, -0.15) is 0 Å². The summed E-state index contributed by atoms with van der Waals surface area (Å²) in [6.45, 7) is 12.1. The van der Waals surface area contributed by atoms with Crippen molar-refractivity contribution in [3.05, 3.63) is 52.1 Å². The molecule has 0 aliphatic carbocycles. The van der Waals surface area contributed by atoms with Crippen molar-refractivity contribution in [2.75, 3.05) is 51.4 Å². The molecule has 1 fully saturated rings. The number of nitrogens with one attached hydrogen (secondary N) is 2. The highest BCUT2D eigenvalue weighted by Crippen LogP contribution is 2.41. The van der Waals surface area contributed by atoms with Crippen LogP contribution in [0.3, 0.4) is 0 Å². The van der Waals surface area contributed by atoms with Crippen LogP contribution in [-0.2, 0) is 26.3 Å². The summed E-state index contributed by atoms with van der Waals surface area (Å²) < 4.78 is 17.1. The second kappa shape index (κ2) is 16.3. The van der Waals surface area contributed by atoms with Crippen molar-refractivity contribution in [3.63, 3.8) is 0 Å². The van der Waals surface area contributed by atoms with Gasteiger partial charge in [-0.05, 0) is 55.5 Å². The van der Waals surface area contributed by atoms with E-state index in [9.17, 15) is 19.2 Å². The minimum atomic E-state index is -0.393. The molecule has 1 saturated heterocycles. The van der Waals surface area contributed by atoms with Crippen molar-refractivity contribution >= 4 is 51.9 Å². The summed E-state index contributed by atoms with van der Waals surface area (Å²) in [5.74, 6) is 0.722. The number of amides is 1. The van der Waals surface area contributed by atoms with Crippen molar-refractivity contribution in [1.29, 1.82) is 5.41 Å². The molecule has 0 radical (unpaired) electrons. The van der Waals surface area contributed by atoms with Crippen LogP contribution in [0.5, 0.6) is 11.5 Å². The van der Waals surface area contributed by atoms with Gasteiger partial charge in [0.1, 0.15) is 23.1 Å². The Morgan fingerprint density at radius 1 is 1.00 bits per heavy atom. The molecule has 47 heavy (non-hydrogen) atoms. The van der Waals surface area contributed by atoms with Crippen LogP contribution >= 0.6 is 17.0 Å². The summed E-state index contributed by atoms with van der Waals surface area (Å²) in [7, 11) is 1.54. The summed E-state index contributed by atoms with van der Waals surface area (Å²) in [4.78, 5) is 54.3. The number of anilines is 1. The van der Waals surface area contributed by atoms with Crippen LogP contribution in [-0.4, -0.2) is 80.7 Å². The van der Waals surface area contributed by atoms with Crippen LogP contribution in [0.1, 0.15) is 97.7 Å². The molecule has 0 spiro atoms. The van der Waals surface area contributed by atoms with Gasteiger partial charge in [-0.25, -0.2) is 0 Å². The molecular formula is C35H47BrN4O7. The lowest BCUT2D eigenvalue weighted by atomic mass is 9.84. The summed E-state index contributed by atoms with van der Waals surface area (Å²) in [5, 5.41) is 11.5. The van der Waals surface area contributed by atoms with E-state index in [1.807, 2.05) is 19.1 Å². The predicted molar refractivity (Wildman–Crippen MR) is 186 cm³/mol. The highest BCUT2D eigenvalue weighted by Gasteiger charge is 2.32. The molecule has 0 saturated carbocycles. The zero-order valence-corrected chi connectivity index (χ0v) is 30.0. The molecule has 2 aliphatic rings. The van der Waals surface area contributed by atoms with Crippen molar-refractivity contribution < 1.29 is 33.4 Å². The smallest absolute Gasteiger partial charge is 0.305 e. The summed E-state index contributed by atoms with van der Waals surface area (Å²) in [5.41, 5.74) is 3.44. The number of hydrogen-bond acceptors (Lipinski definition) is 9. The van der Waals surface area contributed by atoms with Crippen LogP contribution in [0.2, 0.25) is 0 Å². The van der Waals surface area contributed by atoms with Crippen LogP contribution in [0.4, 0.5) is 5.69 Å². The average molecular weight is 716 g/mol. The van der Waals surface area contributed by atoms with Crippen molar-refractivity contribution in [1.82, 2.24) is 10.2 Å². The van der Waals surface area contributed by atoms with E-state index in [0.717, 1.165) is 16.8 Å². The van der Waals surface area contributed by atoms with Gasteiger partial charge in [-0.1, -0.05) is 20.8 Å². The van der Waals surface area contributed by atoms with E-state index in [1.54, 1.807) is 31.0 Å². The molecule has 11 nitrogen and oxygen atoms in total. The Morgan fingerprint density at radius 3 is 2.32 bits per heavy atom. The van der Waals surface area contributed by atoms with Gasteiger partial charge in [0, 0.05) is 62.6 Å². The number of hydrogen-bond donors (Lipinski definition) is 2. The Kier molecular flexibility index (Phi) is 13.0. The number of piperidine rings is 1. The standard InChI is InChI=1S/C35H46N4O7.BrH/c1-7-44-30-18-23-20-39(33(36)25(23)19-26(30)34(43)37-6)21-29(41)22-16-27(35(3,4)5)32(46-15-9-10-31(42)45-8-2)28(17-22)38-13-11-24(40)12-14-38;/h16-19,36H,7-15,20-21H2,1-6H3,(H,37,43);1H. The van der Waals surface area contributed by atoms with Gasteiger partial charge < -0.3 is 29.3 Å². The summed E-state index contributed by atoms with van der Waals surface area (Å²) >= 11 is 0. The van der Waals surface area contributed by atoms with Crippen LogP contribution in [0, 0.1) is 5.41 Å². The number of benzene rings is 2. The van der Waals surface area contributed by atoms with E-state index in [-0.39, 0.29) is 59.2 Å². The summed E-state index contributed by atoms with van der Waals surface area (Å²) in [6, 6.07) is 7.14. The molecule has 2 N–H and O–H groups in total. The normalized spacial score (nSPS) is 14.3. The van der Waals surface area contributed by atoms with Gasteiger partial charge in [0.15, 0.2) is 5.78 Å². The maximum absolute atomic E-state index is 14.0. The number of carbonyl (C=O) groups excluding carboxylic acids is 4. The first-order chi connectivity index (χ1) is 21.9. The van der Waals surface area contributed by atoms with E-state index in [4.69, 9.17) is 19.6 Å². The lowest BCUT2D eigenvalue weighted by Crippen LogP contribution is -2.35. The first-order valence-corrected chi connectivity index (χ1v) is 16.0. The third-order valence-corrected chi connectivity index (χ3v) is 8.18. The van der Waals surface area contributed by atoms with Crippen LogP contribution < -0.4 is 19.7 Å². The number of ether oxygens (including phenoxy) is 3. The molecule has 0 aromatic heterocycles. The molecule has 0 unspecified atom stereocenters. The largest absolute Gasteiger partial charge is 0.493 e. The molecular weight excluding hydrogens is 668 g/mol. The van der Waals surface area contributed by atoms with Gasteiger partial charge in [-0.3, -0.25) is 24.6 Å². The van der Waals surface area contributed by atoms with Crippen molar-refractivity contribution in [2.24, 2.45) is 0 Å². The Morgan fingerprint density at radius 2 is 1.70 bits per heavy atom.